The Kier molecular flexibility index (Phi) is 7.77. The normalized spacial score (nSPS) is 13.4. The van der Waals surface area contributed by atoms with Gasteiger partial charge in [0.25, 0.3) is 0 Å². The number of alkyl halides is 2. The van der Waals surface area contributed by atoms with Crippen LogP contribution in [0.5, 0.6) is 11.5 Å². The van der Waals surface area contributed by atoms with Gasteiger partial charge in [-0.25, -0.2) is 0 Å². The number of carbonyl (C=O) groups is 1. The van der Waals surface area contributed by atoms with Gasteiger partial charge in [-0.3, -0.25) is 9.69 Å². The van der Waals surface area contributed by atoms with E-state index >= 15 is 0 Å². The number of likely N-dealkylation sites (N-methyl/N-ethyl adjacent to an activating group) is 1. The summed E-state index contributed by atoms with van der Waals surface area (Å²) >= 11 is 0. The van der Waals surface area contributed by atoms with Gasteiger partial charge in [0, 0.05) is 6.54 Å². The highest BCUT2D eigenvalue weighted by Crippen LogP contribution is 2.29. The van der Waals surface area contributed by atoms with Crippen molar-refractivity contribution >= 4 is 5.91 Å². The highest BCUT2D eigenvalue weighted by atomic mass is 19.3. The maximum atomic E-state index is 12.4. The molecular formula is C18H25F2N3O3. The Bertz CT molecular complexity index is 662. The third-order valence-electron chi connectivity index (χ3n) is 4.10. The number of hydrogen-bond donors (Lipinski definition) is 1. The zero-order valence-corrected chi connectivity index (χ0v) is 15.7. The molecule has 0 aromatic heterocycles. The topological polar surface area (TPSA) is 74.6 Å². The fraction of sp³-hybridized carbons (Fsp3) is 0.556. The molecule has 0 unspecified atom stereocenters. The van der Waals surface area contributed by atoms with Gasteiger partial charge < -0.3 is 14.8 Å². The Morgan fingerprint density at radius 2 is 2.04 bits per heavy atom. The molecule has 1 amide bonds. The molecule has 0 saturated heterocycles. The molecule has 1 rings (SSSR count). The summed E-state index contributed by atoms with van der Waals surface area (Å²) in [5, 5.41) is 12.0. The number of hydrogen-bond acceptors (Lipinski definition) is 5. The summed E-state index contributed by atoms with van der Waals surface area (Å²) in [6, 6.07) is 6.74. The second-order valence-electron chi connectivity index (χ2n) is 6.55. The zero-order chi connectivity index (χ0) is 19.9. The van der Waals surface area contributed by atoms with Gasteiger partial charge >= 0.3 is 6.61 Å². The molecule has 0 heterocycles. The van der Waals surface area contributed by atoms with E-state index in [1.807, 2.05) is 13.8 Å². The Morgan fingerprint density at radius 3 is 2.54 bits per heavy atom. The molecule has 0 aliphatic carbocycles. The number of nitrogens with one attached hydrogen (secondary N) is 1. The van der Waals surface area contributed by atoms with E-state index in [4.69, 9.17) is 4.74 Å². The number of halogens is 2. The van der Waals surface area contributed by atoms with Crippen LogP contribution in [0.1, 0.15) is 26.3 Å². The minimum absolute atomic E-state index is 0.0339. The second kappa shape index (κ2) is 9.34. The number of methoxy groups -OCH3 is 1. The monoisotopic (exact) mass is 369 g/mol. The first-order chi connectivity index (χ1) is 12.1. The minimum atomic E-state index is -2.93. The van der Waals surface area contributed by atoms with Crippen LogP contribution in [0.15, 0.2) is 18.2 Å². The van der Waals surface area contributed by atoms with Gasteiger partial charge in [-0.2, -0.15) is 14.0 Å². The predicted octanol–water partition coefficient (Wildman–Crippen LogP) is 2.78. The van der Waals surface area contributed by atoms with Gasteiger partial charge in [0.05, 0.1) is 19.7 Å². The summed E-state index contributed by atoms with van der Waals surface area (Å²) < 4.78 is 34.2. The first-order valence-corrected chi connectivity index (χ1v) is 8.13. The summed E-state index contributed by atoms with van der Waals surface area (Å²) in [5.41, 5.74) is -0.166. The number of amides is 1. The number of rotatable bonds is 9. The molecule has 0 aliphatic rings. The van der Waals surface area contributed by atoms with Crippen LogP contribution in [0, 0.1) is 17.2 Å². The van der Waals surface area contributed by atoms with Crippen molar-refractivity contribution in [1.29, 1.82) is 5.26 Å². The molecule has 1 aromatic carbocycles. The van der Waals surface area contributed by atoms with Gasteiger partial charge in [-0.15, -0.1) is 0 Å². The minimum Gasteiger partial charge on any atom is -0.493 e. The average Bonchev–Trinajstić information content (AvgIpc) is 2.55. The van der Waals surface area contributed by atoms with Gasteiger partial charge in [-0.1, -0.05) is 19.9 Å². The molecule has 0 saturated carbocycles. The van der Waals surface area contributed by atoms with E-state index in [-0.39, 0.29) is 29.9 Å². The molecule has 144 valence electrons. The van der Waals surface area contributed by atoms with Crippen LogP contribution in [0.4, 0.5) is 8.78 Å². The van der Waals surface area contributed by atoms with Crippen LogP contribution >= 0.6 is 0 Å². The summed E-state index contributed by atoms with van der Waals surface area (Å²) in [6.45, 7) is 2.95. The summed E-state index contributed by atoms with van der Waals surface area (Å²) in [6.07, 6.45) is 0. The molecule has 8 heteroatoms. The van der Waals surface area contributed by atoms with Crippen LogP contribution in [0.3, 0.4) is 0 Å². The third-order valence-corrected chi connectivity index (χ3v) is 4.10. The van der Waals surface area contributed by atoms with Crippen LogP contribution in [0.2, 0.25) is 0 Å². The molecule has 0 radical (unpaired) electrons. The van der Waals surface area contributed by atoms with E-state index < -0.39 is 12.2 Å². The quantitative estimate of drug-likeness (QED) is 0.724. The van der Waals surface area contributed by atoms with E-state index in [1.165, 1.54) is 13.2 Å². The lowest BCUT2D eigenvalue weighted by Crippen LogP contribution is -2.51. The maximum Gasteiger partial charge on any atom is 0.387 e. The van der Waals surface area contributed by atoms with Gasteiger partial charge in [0.15, 0.2) is 11.5 Å². The lowest BCUT2D eigenvalue weighted by molar-refractivity contribution is -0.123. The van der Waals surface area contributed by atoms with E-state index in [1.54, 1.807) is 31.0 Å². The van der Waals surface area contributed by atoms with Crippen LogP contribution < -0.4 is 14.8 Å². The Balaban J connectivity index is 2.72. The van der Waals surface area contributed by atoms with E-state index in [0.29, 0.717) is 6.54 Å². The van der Waals surface area contributed by atoms with Crippen molar-refractivity contribution in [2.75, 3.05) is 20.7 Å². The molecule has 0 fully saturated rings. The van der Waals surface area contributed by atoms with E-state index in [0.717, 1.165) is 5.56 Å². The second-order valence-corrected chi connectivity index (χ2v) is 6.55. The lowest BCUT2D eigenvalue weighted by atomic mass is 9.90. The molecule has 1 N–H and O–H groups in total. The SMILES string of the molecule is COc1cc(CN(C)CC(=O)N[C@](C)(C#N)C(C)C)ccc1OC(F)F. The molecular weight excluding hydrogens is 344 g/mol. The fourth-order valence-electron chi connectivity index (χ4n) is 2.25. The number of carbonyl (C=O) groups excluding carboxylic acids is 1. The Hall–Kier alpha value is -2.40. The molecule has 1 aromatic rings. The van der Waals surface area contributed by atoms with Crippen molar-refractivity contribution < 1.29 is 23.0 Å². The van der Waals surface area contributed by atoms with Crippen molar-refractivity contribution in [3.63, 3.8) is 0 Å². The van der Waals surface area contributed by atoms with Gasteiger partial charge in [0.1, 0.15) is 5.54 Å². The summed E-state index contributed by atoms with van der Waals surface area (Å²) in [7, 11) is 3.11. The first-order valence-electron chi connectivity index (χ1n) is 8.13. The third kappa shape index (κ3) is 6.15. The van der Waals surface area contributed by atoms with E-state index in [2.05, 4.69) is 16.1 Å². The molecule has 6 nitrogen and oxygen atoms in total. The van der Waals surface area contributed by atoms with Crippen molar-refractivity contribution in [3.8, 4) is 17.6 Å². The van der Waals surface area contributed by atoms with Crippen molar-refractivity contribution in [1.82, 2.24) is 10.2 Å². The fourth-order valence-corrected chi connectivity index (χ4v) is 2.25. The van der Waals surface area contributed by atoms with Crippen LogP contribution in [0.25, 0.3) is 0 Å². The average molecular weight is 369 g/mol. The highest BCUT2D eigenvalue weighted by Gasteiger charge is 2.30. The Labute approximate surface area is 152 Å². The van der Waals surface area contributed by atoms with Crippen molar-refractivity contribution in [2.24, 2.45) is 5.92 Å². The Morgan fingerprint density at radius 1 is 1.38 bits per heavy atom. The van der Waals surface area contributed by atoms with Gasteiger partial charge in [-0.05, 0) is 37.6 Å². The summed E-state index contributed by atoms with van der Waals surface area (Å²) in [5.74, 6) is -0.158. The van der Waals surface area contributed by atoms with Crippen LogP contribution in [-0.2, 0) is 11.3 Å². The number of ether oxygens (including phenoxy) is 2. The lowest BCUT2D eigenvalue weighted by Gasteiger charge is -2.28. The number of benzene rings is 1. The molecule has 0 bridgehead atoms. The number of nitriles is 1. The first kappa shape index (κ1) is 21.6. The number of nitrogens with zero attached hydrogens (tertiary/aromatic N) is 2. The zero-order valence-electron chi connectivity index (χ0n) is 15.7. The van der Waals surface area contributed by atoms with E-state index in [9.17, 15) is 18.8 Å². The molecule has 1 atom stereocenters. The maximum absolute atomic E-state index is 12.4. The standard InChI is InChI=1S/C18H25F2N3O3/c1-12(2)18(3,11-21)22-16(24)10-23(4)9-13-6-7-14(26-17(19)20)15(8-13)25-5/h6-8,12,17H,9-10H2,1-5H3,(H,22,24)/t18-/m1/s1. The van der Waals surface area contributed by atoms with Crippen LogP contribution in [-0.4, -0.2) is 43.7 Å². The molecule has 0 spiro atoms. The van der Waals surface area contributed by atoms with Crippen molar-refractivity contribution in [2.45, 2.75) is 39.5 Å². The smallest absolute Gasteiger partial charge is 0.387 e. The van der Waals surface area contributed by atoms with Gasteiger partial charge in [0.2, 0.25) is 5.91 Å². The predicted molar refractivity (Wildman–Crippen MR) is 93.0 cm³/mol. The highest BCUT2D eigenvalue weighted by molar-refractivity contribution is 5.79. The molecule has 26 heavy (non-hydrogen) atoms. The largest absolute Gasteiger partial charge is 0.493 e. The summed E-state index contributed by atoms with van der Waals surface area (Å²) in [4.78, 5) is 13.9. The molecule has 0 aliphatic heterocycles. The van der Waals surface area contributed by atoms with Crippen molar-refractivity contribution in [3.05, 3.63) is 23.8 Å².